The van der Waals surface area contributed by atoms with Gasteiger partial charge in [0, 0.05) is 12.1 Å². The van der Waals surface area contributed by atoms with Crippen molar-refractivity contribution < 1.29 is 19.2 Å². The molecule has 0 saturated carbocycles. The number of H-pyrrole nitrogens is 1. The summed E-state index contributed by atoms with van der Waals surface area (Å²) in [6.45, 7) is 1.94. The number of pyridine rings is 1. The molecular weight excluding hydrogens is 350 g/mol. The van der Waals surface area contributed by atoms with Crippen LogP contribution in [-0.4, -0.2) is 48.0 Å². The van der Waals surface area contributed by atoms with Crippen LogP contribution >= 0.6 is 0 Å². The fourth-order valence-corrected chi connectivity index (χ4v) is 4.17. The third kappa shape index (κ3) is 2.27. The zero-order chi connectivity index (χ0) is 18.7. The summed E-state index contributed by atoms with van der Waals surface area (Å²) in [5, 5.41) is 14.3. The Balaban J connectivity index is 1.68. The number of amides is 1. The number of aromatic amines is 1. The average molecular weight is 367 g/mol. The Morgan fingerprint density at radius 1 is 1.33 bits per heavy atom. The third-order valence-corrected chi connectivity index (χ3v) is 5.48. The number of carboxylic acid groups (broad SMARTS) is 1. The first kappa shape index (κ1) is 16.0. The van der Waals surface area contributed by atoms with Gasteiger partial charge in [-0.25, -0.2) is 14.8 Å². The summed E-state index contributed by atoms with van der Waals surface area (Å²) in [6.07, 6.45) is 4.14. The number of hydrogen-bond acceptors (Lipinski definition) is 6. The number of nitrogens with one attached hydrogen (secondary N) is 1. The van der Waals surface area contributed by atoms with Crippen LogP contribution in [-0.2, 0) is 30.6 Å². The smallest absolute Gasteiger partial charge is 0.326 e. The number of fused-ring (bicyclic) bond motifs is 3. The lowest BCUT2D eigenvalue weighted by molar-refractivity contribution is -0.142. The van der Waals surface area contributed by atoms with Gasteiger partial charge in [0.25, 0.3) is 11.6 Å². The van der Waals surface area contributed by atoms with E-state index in [4.69, 9.17) is 4.52 Å². The van der Waals surface area contributed by atoms with Crippen LogP contribution in [0.15, 0.2) is 10.9 Å². The Kier molecular flexibility index (Phi) is 3.33. The Bertz CT molecular complexity index is 1100. The first-order valence-corrected chi connectivity index (χ1v) is 8.87. The number of nitrogens with zero attached hydrogens (tertiary/aromatic N) is 4. The molecule has 1 amide bonds. The van der Waals surface area contributed by atoms with E-state index in [1.54, 1.807) is 6.92 Å². The fourth-order valence-electron chi connectivity index (χ4n) is 4.17. The maximum atomic E-state index is 13.6. The molecule has 138 valence electrons. The van der Waals surface area contributed by atoms with Crippen molar-refractivity contribution in [2.75, 3.05) is 0 Å². The van der Waals surface area contributed by atoms with E-state index in [-0.39, 0.29) is 18.9 Å². The highest BCUT2D eigenvalue weighted by Gasteiger charge is 2.39. The number of carboxylic acids is 1. The predicted molar refractivity (Wildman–Crippen MR) is 92.2 cm³/mol. The Morgan fingerprint density at radius 3 is 3.00 bits per heavy atom. The molecule has 0 spiro atoms. The maximum Gasteiger partial charge on any atom is 0.326 e. The van der Waals surface area contributed by atoms with Crippen LogP contribution in [0.1, 0.15) is 45.1 Å². The molecule has 0 radical (unpaired) electrons. The number of rotatable bonds is 2. The maximum absolute atomic E-state index is 13.6. The van der Waals surface area contributed by atoms with Crippen LogP contribution in [0.25, 0.3) is 11.1 Å². The van der Waals surface area contributed by atoms with E-state index in [0.29, 0.717) is 28.1 Å². The van der Waals surface area contributed by atoms with Crippen molar-refractivity contribution in [3.05, 3.63) is 40.2 Å². The number of imidazole rings is 1. The molecule has 0 bridgehead atoms. The van der Waals surface area contributed by atoms with Crippen molar-refractivity contribution >= 4 is 23.0 Å². The van der Waals surface area contributed by atoms with Gasteiger partial charge < -0.3 is 19.5 Å². The van der Waals surface area contributed by atoms with Crippen LogP contribution < -0.4 is 0 Å². The van der Waals surface area contributed by atoms with Crippen molar-refractivity contribution in [1.82, 2.24) is 25.0 Å². The minimum atomic E-state index is -1.04. The van der Waals surface area contributed by atoms with E-state index < -0.39 is 12.0 Å². The monoisotopic (exact) mass is 367 g/mol. The largest absolute Gasteiger partial charge is 0.480 e. The van der Waals surface area contributed by atoms with Gasteiger partial charge in [-0.15, -0.1) is 0 Å². The molecule has 2 N–H and O–H groups in total. The summed E-state index contributed by atoms with van der Waals surface area (Å²) in [5.41, 5.74) is 4.60. The molecular formula is C18H17N5O4. The third-order valence-electron chi connectivity index (χ3n) is 5.48. The van der Waals surface area contributed by atoms with Crippen molar-refractivity contribution in [1.29, 1.82) is 0 Å². The standard InChI is InChI=1S/C18H17N5O4/c1-8-14-15(9-3-2-4-10(9)21-16(14)27-22-8)17(24)23-6-12-11(19-7-20-12)5-13(23)18(25)26/h7,13H,2-6H2,1H3,(H,19,20)(H,25,26)/t13-/m0/s1. The topological polar surface area (TPSA) is 125 Å². The van der Waals surface area contributed by atoms with Gasteiger partial charge in [0.15, 0.2) is 0 Å². The normalized spacial score (nSPS) is 18.6. The molecule has 3 aromatic heterocycles. The van der Waals surface area contributed by atoms with Crippen LogP contribution in [0.3, 0.4) is 0 Å². The number of hydrogen-bond donors (Lipinski definition) is 2. The SMILES string of the molecule is Cc1noc2nc3c(c(C(=O)N4Cc5[nH]cnc5C[C@H]4C(=O)O)c12)CCC3. The minimum absolute atomic E-state index is 0.175. The molecule has 0 unspecified atom stereocenters. The summed E-state index contributed by atoms with van der Waals surface area (Å²) >= 11 is 0. The van der Waals surface area contributed by atoms with Crippen LogP contribution in [0.4, 0.5) is 0 Å². The lowest BCUT2D eigenvalue weighted by atomic mass is 9.97. The summed E-state index contributed by atoms with van der Waals surface area (Å²) in [4.78, 5) is 38.6. The summed E-state index contributed by atoms with van der Waals surface area (Å²) in [7, 11) is 0. The van der Waals surface area contributed by atoms with Crippen LogP contribution in [0, 0.1) is 6.92 Å². The van der Waals surface area contributed by atoms with Gasteiger partial charge in [0.1, 0.15) is 6.04 Å². The summed E-state index contributed by atoms with van der Waals surface area (Å²) in [5.74, 6) is -1.36. The van der Waals surface area contributed by atoms with E-state index in [1.807, 2.05) is 0 Å². The Hall–Kier alpha value is -3.23. The number of carbonyl (C=O) groups is 2. The molecule has 27 heavy (non-hydrogen) atoms. The zero-order valence-electron chi connectivity index (χ0n) is 14.7. The molecule has 4 heterocycles. The minimum Gasteiger partial charge on any atom is -0.480 e. The summed E-state index contributed by atoms with van der Waals surface area (Å²) < 4.78 is 5.31. The number of carbonyl (C=O) groups excluding carboxylic acids is 1. The second-order valence-corrected chi connectivity index (χ2v) is 7.03. The molecule has 9 heteroatoms. The fraction of sp³-hybridized carbons (Fsp3) is 0.389. The average Bonchev–Trinajstić information content (AvgIpc) is 3.37. The molecule has 0 aromatic carbocycles. The van der Waals surface area contributed by atoms with E-state index in [2.05, 4.69) is 20.1 Å². The Labute approximate surface area is 153 Å². The van der Waals surface area contributed by atoms with E-state index in [1.165, 1.54) is 11.2 Å². The molecule has 1 aliphatic heterocycles. The van der Waals surface area contributed by atoms with Crippen molar-refractivity contribution in [2.45, 2.75) is 45.2 Å². The van der Waals surface area contributed by atoms with E-state index in [9.17, 15) is 14.7 Å². The highest BCUT2D eigenvalue weighted by molar-refractivity contribution is 6.08. The number of aliphatic carboxylic acids is 1. The van der Waals surface area contributed by atoms with Crippen LogP contribution in [0.5, 0.6) is 0 Å². The zero-order valence-corrected chi connectivity index (χ0v) is 14.7. The molecule has 2 aliphatic rings. The van der Waals surface area contributed by atoms with Gasteiger partial charge in [-0.1, -0.05) is 5.16 Å². The van der Waals surface area contributed by atoms with Crippen LogP contribution in [0.2, 0.25) is 0 Å². The van der Waals surface area contributed by atoms with Gasteiger partial charge >= 0.3 is 5.97 Å². The van der Waals surface area contributed by atoms with Gasteiger partial charge in [-0.2, -0.15) is 0 Å². The lowest BCUT2D eigenvalue weighted by Gasteiger charge is -2.33. The summed E-state index contributed by atoms with van der Waals surface area (Å²) in [6, 6.07) is -0.964. The second kappa shape index (κ2) is 5.63. The molecule has 0 saturated heterocycles. The lowest BCUT2D eigenvalue weighted by Crippen LogP contribution is -2.49. The molecule has 9 nitrogen and oxygen atoms in total. The van der Waals surface area contributed by atoms with Gasteiger partial charge in [0.05, 0.1) is 40.9 Å². The van der Waals surface area contributed by atoms with E-state index >= 15 is 0 Å². The van der Waals surface area contributed by atoms with Crippen molar-refractivity contribution in [3.8, 4) is 0 Å². The first-order valence-electron chi connectivity index (χ1n) is 8.87. The Morgan fingerprint density at radius 2 is 2.19 bits per heavy atom. The van der Waals surface area contributed by atoms with Crippen molar-refractivity contribution in [3.63, 3.8) is 0 Å². The molecule has 0 fully saturated rings. The van der Waals surface area contributed by atoms with Gasteiger partial charge in [-0.05, 0) is 31.7 Å². The van der Waals surface area contributed by atoms with Gasteiger partial charge in [-0.3, -0.25) is 4.79 Å². The van der Waals surface area contributed by atoms with E-state index in [0.717, 1.165) is 36.2 Å². The first-order chi connectivity index (χ1) is 13.0. The number of aromatic nitrogens is 4. The molecule has 1 atom stereocenters. The number of aryl methyl sites for hydroxylation is 2. The van der Waals surface area contributed by atoms with Gasteiger partial charge in [0.2, 0.25) is 0 Å². The molecule has 5 rings (SSSR count). The molecule has 3 aromatic rings. The second-order valence-electron chi connectivity index (χ2n) is 7.03. The predicted octanol–water partition coefficient (Wildman–Crippen LogP) is 1.39. The van der Waals surface area contributed by atoms with Crippen molar-refractivity contribution in [2.24, 2.45) is 0 Å². The highest BCUT2D eigenvalue weighted by atomic mass is 16.5. The highest BCUT2D eigenvalue weighted by Crippen LogP contribution is 2.34. The quantitative estimate of drug-likeness (QED) is 0.701. The molecule has 1 aliphatic carbocycles.